The van der Waals surface area contributed by atoms with Gasteiger partial charge in [-0.25, -0.2) is 0 Å². The maximum atomic E-state index is 3.69. The van der Waals surface area contributed by atoms with Gasteiger partial charge in [-0.3, -0.25) is 0 Å². The molecule has 0 aromatic heterocycles. The van der Waals surface area contributed by atoms with Crippen molar-refractivity contribution in [1.29, 1.82) is 0 Å². The lowest BCUT2D eigenvalue weighted by Gasteiger charge is -2.25. The molecule has 0 fully saturated rings. The second kappa shape index (κ2) is 7.69. The van der Waals surface area contributed by atoms with E-state index >= 15 is 0 Å². The molecule has 19 heavy (non-hydrogen) atoms. The Morgan fingerprint density at radius 1 is 0.947 bits per heavy atom. The Hall–Kier alpha value is -0.820. The van der Waals surface area contributed by atoms with E-state index < -0.39 is 0 Å². The van der Waals surface area contributed by atoms with Crippen molar-refractivity contribution < 1.29 is 0 Å². The fourth-order valence-corrected chi connectivity index (χ4v) is 2.96. The molecular weight excluding hydrogens is 230 g/mol. The van der Waals surface area contributed by atoms with Gasteiger partial charge in [-0.2, -0.15) is 0 Å². The van der Waals surface area contributed by atoms with E-state index in [-0.39, 0.29) is 0 Å². The Bertz CT molecular complexity index is 380. The van der Waals surface area contributed by atoms with E-state index in [9.17, 15) is 0 Å². The smallest absolute Gasteiger partial charge is 0.0325 e. The van der Waals surface area contributed by atoms with Gasteiger partial charge in [0.2, 0.25) is 0 Å². The van der Waals surface area contributed by atoms with E-state index in [2.05, 4.69) is 52.9 Å². The van der Waals surface area contributed by atoms with Crippen LogP contribution in [0, 0.1) is 27.7 Å². The highest BCUT2D eigenvalue weighted by molar-refractivity contribution is 5.45. The highest BCUT2D eigenvalue weighted by Gasteiger charge is 2.17. The zero-order chi connectivity index (χ0) is 14.4. The van der Waals surface area contributed by atoms with Crippen molar-refractivity contribution in [2.45, 2.75) is 73.3 Å². The van der Waals surface area contributed by atoms with E-state index in [0.29, 0.717) is 6.04 Å². The van der Waals surface area contributed by atoms with E-state index in [1.165, 1.54) is 47.9 Å². The van der Waals surface area contributed by atoms with Crippen LogP contribution in [0.3, 0.4) is 0 Å². The predicted molar refractivity (Wildman–Crippen MR) is 85.9 cm³/mol. The van der Waals surface area contributed by atoms with Gasteiger partial charge in [0.1, 0.15) is 0 Å². The molecule has 0 amide bonds. The summed E-state index contributed by atoms with van der Waals surface area (Å²) >= 11 is 0. The molecule has 108 valence electrons. The highest BCUT2D eigenvalue weighted by Crippen LogP contribution is 2.30. The molecule has 0 aliphatic carbocycles. The third kappa shape index (κ3) is 4.07. The van der Waals surface area contributed by atoms with E-state index in [0.717, 1.165) is 6.54 Å². The monoisotopic (exact) mass is 261 g/mol. The zero-order valence-electron chi connectivity index (χ0n) is 13.7. The first kappa shape index (κ1) is 16.2. The van der Waals surface area contributed by atoms with Gasteiger partial charge in [-0.05, 0) is 68.5 Å². The zero-order valence-corrected chi connectivity index (χ0v) is 13.7. The van der Waals surface area contributed by atoms with E-state index in [1.807, 2.05) is 0 Å². The summed E-state index contributed by atoms with van der Waals surface area (Å²) < 4.78 is 0. The molecule has 0 heterocycles. The number of hydrogen-bond donors (Lipinski definition) is 1. The summed E-state index contributed by atoms with van der Waals surface area (Å²) in [5.74, 6) is 0. The molecule has 1 N–H and O–H groups in total. The number of hydrogen-bond acceptors (Lipinski definition) is 1. The maximum Gasteiger partial charge on any atom is 0.0325 e. The largest absolute Gasteiger partial charge is 0.310 e. The van der Waals surface area contributed by atoms with Crippen LogP contribution < -0.4 is 5.32 Å². The molecule has 1 nitrogen and oxygen atoms in total. The summed E-state index contributed by atoms with van der Waals surface area (Å²) in [4.78, 5) is 0. The van der Waals surface area contributed by atoms with Crippen molar-refractivity contribution in [3.63, 3.8) is 0 Å². The summed E-state index contributed by atoms with van der Waals surface area (Å²) in [5.41, 5.74) is 7.36. The van der Waals surface area contributed by atoms with Gasteiger partial charge in [0.05, 0.1) is 0 Å². The van der Waals surface area contributed by atoms with Crippen molar-refractivity contribution in [3.8, 4) is 0 Å². The van der Waals surface area contributed by atoms with Gasteiger partial charge in [0.15, 0.2) is 0 Å². The highest BCUT2D eigenvalue weighted by atomic mass is 14.9. The molecule has 0 spiro atoms. The Balaban J connectivity index is 3.07. The van der Waals surface area contributed by atoms with Crippen molar-refractivity contribution in [2.75, 3.05) is 6.54 Å². The van der Waals surface area contributed by atoms with Gasteiger partial charge < -0.3 is 5.32 Å². The first-order valence-electron chi connectivity index (χ1n) is 7.83. The number of aryl methyl sites for hydroxylation is 2. The number of rotatable bonds is 7. The first-order chi connectivity index (χ1) is 9.02. The Labute approximate surface area is 119 Å². The van der Waals surface area contributed by atoms with Crippen LogP contribution >= 0.6 is 0 Å². The van der Waals surface area contributed by atoms with Crippen LogP contribution in [0.15, 0.2) is 6.07 Å². The SMILES string of the molecule is CCCCCC(NCC)c1c(C)c(C)cc(C)c1C. The van der Waals surface area contributed by atoms with E-state index in [4.69, 9.17) is 0 Å². The molecule has 1 unspecified atom stereocenters. The van der Waals surface area contributed by atoms with Gasteiger partial charge in [-0.1, -0.05) is 39.2 Å². The fraction of sp³-hybridized carbons (Fsp3) is 0.667. The Morgan fingerprint density at radius 2 is 1.53 bits per heavy atom. The van der Waals surface area contributed by atoms with Crippen LogP contribution in [-0.4, -0.2) is 6.54 Å². The average Bonchev–Trinajstić information content (AvgIpc) is 2.37. The van der Waals surface area contributed by atoms with Crippen molar-refractivity contribution in [2.24, 2.45) is 0 Å². The standard InChI is InChI=1S/C18H31N/c1-7-9-10-11-17(19-8-2)18-15(5)13(3)12-14(4)16(18)6/h12,17,19H,7-11H2,1-6H3. The third-order valence-electron chi connectivity index (χ3n) is 4.32. The van der Waals surface area contributed by atoms with Crippen molar-refractivity contribution >= 4 is 0 Å². The average molecular weight is 261 g/mol. The summed E-state index contributed by atoms with van der Waals surface area (Å²) in [6.45, 7) is 14.6. The van der Waals surface area contributed by atoms with Gasteiger partial charge in [-0.15, -0.1) is 0 Å². The van der Waals surface area contributed by atoms with Gasteiger partial charge in [0.25, 0.3) is 0 Å². The Kier molecular flexibility index (Phi) is 6.57. The first-order valence-corrected chi connectivity index (χ1v) is 7.83. The van der Waals surface area contributed by atoms with Crippen LogP contribution in [0.2, 0.25) is 0 Å². The van der Waals surface area contributed by atoms with Crippen LogP contribution in [0.5, 0.6) is 0 Å². The fourth-order valence-electron chi connectivity index (χ4n) is 2.96. The molecular formula is C18H31N. The third-order valence-corrected chi connectivity index (χ3v) is 4.32. The molecule has 0 aliphatic rings. The molecule has 0 aliphatic heterocycles. The lowest BCUT2D eigenvalue weighted by molar-refractivity contribution is 0.482. The summed E-state index contributed by atoms with van der Waals surface area (Å²) in [7, 11) is 0. The lowest BCUT2D eigenvalue weighted by atomic mass is 9.87. The molecule has 1 aromatic carbocycles. The maximum absolute atomic E-state index is 3.69. The molecule has 1 rings (SSSR count). The van der Waals surface area contributed by atoms with Crippen molar-refractivity contribution in [3.05, 3.63) is 33.9 Å². The Morgan fingerprint density at radius 3 is 2.00 bits per heavy atom. The van der Waals surface area contributed by atoms with Gasteiger partial charge >= 0.3 is 0 Å². The van der Waals surface area contributed by atoms with Crippen LogP contribution in [0.4, 0.5) is 0 Å². The molecule has 0 bridgehead atoms. The quantitative estimate of drug-likeness (QED) is 0.669. The second-order valence-corrected chi connectivity index (χ2v) is 5.78. The number of nitrogens with one attached hydrogen (secondary N) is 1. The normalized spacial score (nSPS) is 12.7. The molecule has 0 saturated heterocycles. The minimum Gasteiger partial charge on any atom is -0.310 e. The summed E-state index contributed by atoms with van der Waals surface area (Å²) in [6.07, 6.45) is 5.21. The summed E-state index contributed by atoms with van der Waals surface area (Å²) in [6, 6.07) is 2.85. The van der Waals surface area contributed by atoms with Crippen LogP contribution in [0.1, 0.15) is 73.4 Å². The number of benzene rings is 1. The molecule has 0 saturated carbocycles. The molecule has 1 heteroatoms. The minimum absolute atomic E-state index is 0.523. The van der Waals surface area contributed by atoms with Crippen LogP contribution in [0.25, 0.3) is 0 Å². The van der Waals surface area contributed by atoms with Gasteiger partial charge in [0, 0.05) is 6.04 Å². The molecule has 1 atom stereocenters. The number of unbranched alkanes of at least 4 members (excludes halogenated alkanes) is 2. The van der Waals surface area contributed by atoms with E-state index in [1.54, 1.807) is 5.56 Å². The topological polar surface area (TPSA) is 12.0 Å². The predicted octanol–water partition coefficient (Wildman–Crippen LogP) is 5.15. The lowest BCUT2D eigenvalue weighted by Crippen LogP contribution is -2.23. The molecule has 0 radical (unpaired) electrons. The molecule has 1 aromatic rings. The van der Waals surface area contributed by atoms with Crippen molar-refractivity contribution in [1.82, 2.24) is 5.32 Å². The summed E-state index contributed by atoms with van der Waals surface area (Å²) in [5, 5.41) is 3.69. The van der Waals surface area contributed by atoms with Crippen LogP contribution in [-0.2, 0) is 0 Å². The second-order valence-electron chi connectivity index (χ2n) is 5.78. The minimum atomic E-state index is 0.523.